The highest BCUT2D eigenvalue weighted by Gasteiger charge is 2.08. The number of halogens is 3. The van der Waals surface area contributed by atoms with Crippen LogP contribution in [-0.4, -0.2) is 9.55 Å². The maximum Gasteiger partial charge on any atom is 0.148 e. The number of rotatable bonds is 2. The number of imidazole rings is 1. The number of nitrogens with zero attached hydrogens (tertiary/aromatic N) is 2. The molecule has 1 aromatic carbocycles. The molecular formula is C11H12Cl2FN3. The molecule has 2 aromatic rings. The predicted octanol–water partition coefficient (Wildman–Crippen LogP) is 3.11. The van der Waals surface area contributed by atoms with E-state index in [9.17, 15) is 4.39 Å². The summed E-state index contributed by atoms with van der Waals surface area (Å²) < 4.78 is 15.2. The van der Waals surface area contributed by atoms with Gasteiger partial charge in [-0.05, 0) is 25.1 Å². The van der Waals surface area contributed by atoms with Gasteiger partial charge in [-0.1, -0.05) is 11.6 Å². The Labute approximate surface area is 110 Å². The summed E-state index contributed by atoms with van der Waals surface area (Å²) in [6.45, 7) is 1.82. The van der Waals surface area contributed by atoms with Crippen LogP contribution >= 0.6 is 24.0 Å². The minimum absolute atomic E-state index is 0. The molecule has 3 nitrogen and oxygen atoms in total. The van der Waals surface area contributed by atoms with Gasteiger partial charge < -0.3 is 10.3 Å². The second-order valence-corrected chi connectivity index (χ2v) is 4.03. The zero-order chi connectivity index (χ0) is 11.7. The van der Waals surface area contributed by atoms with Gasteiger partial charge in [0.25, 0.3) is 0 Å². The van der Waals surface area contributed by atoms with Gasteiger partial charge in [0.15, 0.2) is 0 Å². The zero-order valence-electron chi connectivity index (χ0n) is 9.10. The molecule has 0 radical (unpaired) electrons. The molecule has 2 N–H and O–H groups in total. The van der Waals surface area contributed by atoms with Gasteiger partial charge in [0.1, 0.15) is 5.82 Å². The third-order valence-electron chi connectivity index (χ3n) is 2.26. The molecule has 0 aliphatic rings. The average Bonchev–Trinajstić information content (AvgIpc) is 2.66. The lowest BCUT2D eigenvalue weighted by molar-refractivity contribution is 0.618. The van der Waals surface area contributed by atoms with Gasteiger partial charge in [-0.2, -0.15) is 0 Å². The summed E-state index contributed by atoms with van der Waals surface area (Å²) in [6.07, 6.45) is 3.24. The molecule has 0 saturated heterocycles. The van der Waals surface area contributed by atoms with E-state index in [0.717, 1.165) is 0 Å². The largest absolute Gasteiger partial charge is 0.323 e. The maximum atomic E-state index is 13.6. The summed E-state index contributed by atoms with van der Waals surface area (Å²) in [4.78, 5) is 4.09. The minimum Gasteiger partial charge on any atom is -0.323 e. The quantitative estimate of drug-likeness (QED) is 0.915. The molecule has 0 amide bonds. The Hall–Kier alpha value is -1.10. The highest BCUT2D eigenvalue weighted by atomic mass is 35.5. The van der Waals surface area contributed by atoms with Crippen LogP contribution in [0, 0.1) is 5.82 Å². The first-order chi connectivity index (χ1) is 7.58. The molecule has 1 heterocycles. The Morgan fingerprint density at radius 3 is 2.71 bits per heavy atom. The molecule has 0 saturated carbocycles. The fourth-order valence-corrected chi connectivity index (χ4v) is 1.55. The highest BCUT2D eigenvalue weighted by Crippen LogP contribution is 2.19. The van der Waals surface area contributed by atoms with Crippen molar-refractivity contribution in [2.75, 3.05) is 0 Å². The van der Waals surface area contributed by atoms with E-state index in [2.05, 4.69) is 4.98 Å². The van der Waals surface area contributed by atoms with E-state index in [1.807, 2.05) is 6.92 Å². The summed E-state index contributed by atoms with van der Waals surface area (Å²) in [7, 11) is 0. The van der Waals surface area contributed by atoms with E-state index >= 15 is 0 Å². The fraction of sp³-hybridized carbons (Fsp3) is 0.182. The molecule has 1 atom stereocenters. The van der Waals surface area contributed by atoms with Crippen LogP contribution in [0.3, 0.4) is 0 Å². The third-order valence-corrected chi connectivity index (χ3v) is 2.49. The Bertz CT molecular complexity index is 511. The smallest absolute Gasteiger partial charge is 0.148 e. The van der Waals surface area contributed by atoms with Crippen molar-refractivity contribution in [3.63, 3.8) is 0 Å². The predicted molar refractivity (Wildman–Crippen MR) is 68.4 cm³/mol. The van der Waals surface area contributed by atoms with E-state index < -0.39 is 0 Å². The fourth-order valence-electron chi connectivity index (χ4n) is 1.40. The van der Waals surface area contributed by atoms with Gasteiger partial charge in [-0.25, -0.2) is 9.37 Å². The molecule has 0 bridgehead atoms. The van der Waals surface area contributed by atoms with Crippen LogP contribution in [-0.2, 0) is 0 Å². The first-order valence-corrected chi connectivity index (χ1v) is 5.20. The molecule has 0 aliphatic carbocycles. The topological polar surface area (TPSA) is 43.8 Å². The summed E-state index contributed by atoms with van der Waals surface area (Å²) in [6, 6.07) is 4.33. The normalized spacial score (nSPS) is 12.0. The van der Waals surface area contributed by atoms with Crippen LogP contribution in [0.5, 0.6) is 0 Å². The lowest BCUT2D eigenvalue weighted by Crippen LogP contribution is -2.05. The Balaban J connectivity index is 0.00000144. The summed E-state index contributed by atoms with van der Waals surface area (Å²) >= 11 is 5.68. The lowest BCUT2D eigenvalue weighted by atomic mass is 10.3. The number of benzene rings is 1. The monoisotopic (exact) mass is 275 g/mol. The number of nitrogens with two attached hydrogens (primary N) is 1. The van der Waals surface area contributed by atoms with Crippen LogP contribution in [0.4, 0.5) is 4.39 Å². The summed E-state index contributed by atoms with van der Waals surface area (Å²) in [5.41, 5.74) is 6.80. The second kappa shape index (κ2) is 5.49. The van der Waals surface area contributed by atoms with Crippen molar-refractivity contribution in [2.24, 2.45) is 5.73 Å². The molecule has 17 heavy (non-hydrogen) atoms. The molecule has 1 aromatic heterocycles. The van der Waals surface area contributed by atoms with E-state index in [0.29, 0.717) is 16.4 Å². The van der Waals surface area contributed by atoms with Crippen LogP contribution in [0.1, 0.15) is 18.7 Å². The van der Waals surface area contributed by atoms with Gasteiger partial charge in [0.05, 0.1) is 17.7 Å². The van der Waals surface area contributed by atoms with Crippen molar-refractivity contribution < 1.29 is 4.39 Å². The molecule has 0 aliphatic heterocycles. The zero-order valence-corrected chi connectivity index (χ0v) is 10.7. The van der Waals surface area contributed by atoms with Crippen molar-refractivity contribution in [3.05, 3.63) is 47.3 Å². The van der Waals surface area contributed by atoms with Gasteiger partial charge in [-0.15, -0.1) is 12.4 Å². The number of aromatic nitrogens is 2. The maximum absolute atomic E-state index is 13.6. The van der Waals surface area contributed by atoms with Gasteiger partial charge in [0, 0.05) is 17.3 Å². The van der Waals surface area contributed by atoms with Crippen molar-refractivity contribution in [2.45, 2.75) is 13.0 Å². The van der Waals surface area contributed by atoms with E-state index in [4.69, 9.17) is 17.3 Å². The standard InChI is InChI=1S/C11H11ClFN3.ClH/c1-7(14)10-5-16(6-15-10)11-3-2-8(12)4-9(11)13;/h2-7H,14H2,1H3;1H/t7-;/m0./s1. The van der Waals surface area contributed by atoms with Crippen LogP contribution < -0.4 is 5.73 Å². The van der Waals surface area contributed by atoms with Crippen LogP contribution in [0.25, 0.3) is 5.69 Å². The average molecular weight is 276 g/mol. The molecule has 0 fully saturated rings. The first-order valence-electron chi connectivity index (χ1n) is 4.83. The second-order valence-electron chi connectivity index (χ2n) is 3.59. The van der Waals surface area contributed by atoms with Crippen molar-refractivity contribution in [3.8, 4) is 5.69 Å². The van der Waals surface area contributed by atoms with Crippen molar-refractivity contribution in [1.82, 2.24) is 9.55 Å². The molecule has 2 rings (SSSR count). The van der Waals surface area contributed by atoms with Gasteiger partial charge >= 0.3 is 0 Å². The highest BCUT2D eigenvalue weighted by molar-refractivity contribution is 6.30. The Kier molecular flexibility index (Phi) is 4.51. The number of hydrogen-bond acceptors (Lipinski definition) is 2. The van der Waals surface area contributed by atoms with E-state index in [1.54, 1.807) is 22.9 Å². The van der Waals surface area contributed by atoms with Crippen molar-refractivity contribution in [1.29, 1.82) is 0 Å². The molecular weight excluding hydrogens is 264 g/mol. The molecule has 0 spiro atoms. The molecule has 92 valence electrons. The van der Waals surface area contributed by atoms with Crippen LogP contribution in [0.2, 0.25) is 5.02 Å². The minimum atomic E-state index is -0.388. The molecule has 0 unspecified atom stereocenters. The van der Waals surface area contributed by atoms with E-state index in [-0.39, 0.29) is 24.3 Å². The number of hydrogen-bond donors (Lipinski definition) is 1. The Morgan fingerprint density at radius 2 is 2.18 bits per heavy atom. The van der Waals surface area contributed by atoms with Crippen molar-refractivity contribution >= 4 is 24.0 Å². The Morgan fingerprint density at radius 1 is 1.47 bits per heavy atom. The third kappa shape index (κ3) is 2.97. The molecule has 6 heteroatoms. The van der Waals surface area contributed by atoms with Crippen LogP contribution in [0.15, 0.2) is 30.7 Å². The lowest BCUT2D eigenvalue weighted by Gasteiger charge is -2.04. The van der Waals surface area contributed by atoms with Gasteiger partial charge in [0.2, 0.25) is 0 Å². The first kappa shape index (κ1) is 14.0. The summed E-state index contributed by atoms with van der Waals surface area (Å²) in [5, 5.41) is 0.369. The van der Waals surface area contributed by atoms with E-state index in [1.165, 1.54) is 12.4 Å². The summed E-state index contributed by atoms with van der Waals surface area (Å²) in [5.74, 6) is -0.388. The van der Waals surface area contributed by atoms with Gasteiger partial charge in [-0.3, -0.25) is 0 Å². The SMILES string of the molecule is C[C@H](N)c1cn(-c2ccc(Cl)cc2F)cn1.Cl.